The number of carbonyl (C=O) groups excluding carboxylic acids is 1. The third-order valence-corrected chi connectivity index (χ3v) is 3.23. The van der Waals surface area contributed by atoms with Crippen LogP contribution in [-0.2, 0) is 4.79 Å². The number of likely N-dealkylation sites (tertiary alicyclic amines) is 1. The van der Waals surface area contributed by atoms with Crippen LogP contribution in [0.15, 0.2) is 34.8 Å². The lowest BCUT2D eigenvalue weighted by molar-refractivity contribution is -0.124. The fourth-order valence-electron chi connectivity index (χ4n) is 1.78. The van der Waals surface area contributed by atoms with Crippen molar-refractivity contribution >= 4 is 27.9 Å². The van der Waals surface area contributed by atoms with Gasteiger partial charge in [0.25, 0.3) is 0 Å². The highest BCUT2D eigenvalue weighted by Crippen LogP contribution is 2.12. The number of nitrogens with zero attached hydrogens (tertiary/aromatic N) is 1. The van der Waals surface area contributed by atoms with E-state index in [2.05, 4.69) is 15.9 Å². The summed E-state index contributed by atoms with van der Waals surface area (Å²) in [6, 6.07) is 7.91. The van der Waals surface area contributed by atoms with E-state index in [0.717, 1.165) is 36.0 Å². The molecule has 0 radical (unpaired) electrons. The van der Waals surface area contributed by atoms with Crippen molar-refractivity contribution < 1.29 is 4.79 Å². The third-order valence-electron chi connectivity index (χ3n) is 2.71. The van der Waals surface area contributed by atoms with E-state index in [0.29, 0.717) is 0 Å². The molecule has 16 heavy (non-hydrogen) atoms. The van der Waals surface area contributed by atoms with Gasteiger partial charge >= 0.3 is 0 Å². The Morgan fingerprint density at radius 1 is 1.19 bits per heavy atom. The monoisotopic (exact) mass is 279 g/mol. The molecule has 0 saturated carbocycles. The molecule has 1 amide bonds. The summed E-state index contributed by atoms with van der Waals surface area (Å²) in [5, 5.41) is 0. The predicted molar refractivity (Wildman–Crippen MR) is 69.0 cm³/mol. The molecule has 84 valence electrons. The van der Waals surface area contributed by atoms with Crippen LogP contribution in [0.2, 0.25) is 0 Å². The van der Waals surface area contributed by atoms with Gasteiger partial charge in [-0.3, -0.25) is 4.79 Å². The summed E-state index contributed by atoms with van der Waals surface area (Å²) in [6.45, 7) is 1.81. The summed E-state index contributed by atoms with van der Waals surface area (Å²) in [6.07, 6.45) is 5.80. The van der Waals surface area contributed by atoms with E-state index in [4.69, 9.17) is 0 Å². The molecule has 0 spiro atoms. The van der Waals surface area contributed by atoms with Crippen LogP contribution in [0.4, 0.5) is 0 Å². The average Bonchev–Trinajstić information content (AvgIpc) is 2.81. The van der Waals surface area contributed by atoms with Gasteiger partial charge in [-0.2, -0.15) is 0 Å². The van der Waals surface area contributed by atoms with Gasteiger partial charge in [0.1, 0.15) is 0 Å². The third kappa shape index (κ3) is 2.95. The zero-order valence-corrected chi connectivity index (χ0v) is 10.6. The zero-order chi connectivity index (χ0) is 11.4. The van der Waals surface area contributed by atoms with Gasteiger partial charge in [0.2, 0.25) is 5.91 Å². The number of benzene rings is 1. The molecule has 1 aromatic rings. The summed E-state index contributed by atoms with van der Waals surface area (Å²) < 4.78 is 1.05. The van der Waals surface area contributed by atoms with E-state index in [-0.39, 0.29) is 5.91 Å². The van der Waals surface area contributed by atoms with Gasteiger partial charge < -0.3 is 4.90 Å². The maximum atomic E-state index is 11.7. The molecule has 0 N–H and O–H groups in total. The van der Waals surface area contributed by atoms with Gasteiger partial charge in [0.15, 0.2) is 0 Å². The molecule has 1 fully saturated rings. The standard InChI is InChI=1S/C13H14BrNO/c14-12-6-3-11(4-7-12)5-8-13(16)15-9-1-2-10-15/h3-8H,1-2,9-10H2. The van der Waals surface area contributed by atoms with Crippen molar-refractivity contribution in [3.63, 3.8) is 0 Å². The lowest BCUT2D eigenvalue weighted by Gasteiger charge is -2.11. The highest BCUT2D eigenvalue weighted by Gasteiger charge is 2.14. The van der Waals surface area contributed by atoms with Crippen LogP contribution >= 0.6 is 15.9 Å². The topological polar surface area (TPSA) is 20.3 Å². The molecular formula is C13H14BrNO. The Morgan fingerprint density at radius 2 is 1.81 bits per heavy atom. The van der Waals surface area contributed by atoms with Crippen molar-refractivity contribution in [2.24, 2.45) is 0 Å². The first-order chi connectivity index (χ1) is 7.75. The molecule has 1 aromatic carbocycles. The molecule has 1 heterocycles. The van der Waals surface area contributed by atoms with E-state index in [9.17, 15) is 4.79 Å². The van der Waals surface area contributed by atoms with E-state index in [1.165, 1.54) is 0 Å². The second kappa shape index (κ2) is 5.30. The number of carbonyl (C=O) groups is 1. The van der Waals surface area contributed by atoms with Gasteiger partial charge in [-0.15, -0.1) is 0 Å². The van der Waals surface area contributed by atoms with Crippen LogP contribution in [0.5, 0.6) is 0 Å². The van der Waals surface area contributed by atoms with Crippen molar-refractivity contribution in [2.45, 2.75) is 12.8 Å². The summed E-state index contributed by atoms with van der Waals surface area (Å²) in [5.74, 6) is 0.125. The summed E-state index contributed by atoms with van der Waals surface area (Å²) in [7, 11) is 0. The molecular weight excluding hydrogens is 266 g/mol. The van der Waals surface area contributed by atoms with Crippen molar-refractivity contribution in [2.75, 3.05) is 13.1 Å². The molecule has 0 unspecified atom stereocenters. The quantitative estimate of drug-likeness (QED) is 0.762. The summed E-state index contributed by atoms with van der Waals surface area (Å²) >= 11 is 3.38. The number of hydrogen-bond donors (Lipinski definition) is 0. The molecule has 0 aromatic heterocycles. The van der Waals surface area contributed by atoms with Gasteiger partial charge in [-0.1, -0.05) is 28.1 Å². The second-order valence-electron chi connectivity index (χ2n) is 3.92. The first-order valence-corrected chi connectivity index (χ1v) is 6.27. The number of amides is 1. The minimum atomic E-state index is 0.125. The van der Waals surface area contributed by atoms with Gasteiger partial charge in [0.05, 0.1) is 0 Å². The van der Waals surface area contributed by atoms with E-state index in [1.807, 2.05) is 35.2 Å². The molecule has 2 nitrogen and oxygen atoms in total. The molecule has 3 heteroatoms. The summed E-state index contributed by atoms with van der Waals surface area (Å²) in [5.41, 5.74) is 1.05. The number of rotatable bonds is 2. The van der Waals surface area contributed by atoms with E-state index in [1.54, 1.807) is 6.08 Å². The van der Waals surface area contributed by atoms with E-state index < -0.39 is 0 Å². The SMILES string of the molecule is O=C(C=Cc1ccc(Br)cc1)N1CCCC1. The fourth-order valence-corrected chi connectivity index (χ4v) is 2.05. The first-order valence-electron chi connectivity index (χ1n) is 5.48. The van der Waals surface area contributed by atoms with Crippen molar-refractivity contribution in [1.82, 2.24) is 4.90 Å². The molecule has 0 atom stereocenters. The zero-order valence-electron chi connectivity index (χ0n) is 9.03. The van der Waals surface area contributed by atoms with E-state index >= 15 is 0 Å². The van der Waals surface area contributed by atoms with Gasteiger partial charge in [-0.05, 0) is 36.6 Å². The fraction of sp³-hybridized carbons (Fsp3) is 0.308. The minimum absolute atomic E-state index is 0.125. The maximum absolute atomic E-state index is 11.7. The Bertz CT molecular complexity index is 391. The number of halogens is 1. The lowest BCUT2D eigenvalue weighted by Crippen LogP contribution is -2.25. The van der Waals surface area contributed by atoms with Crippen molar-refractivity contribution in [3.8, 4) is 0 Å². The Hall–Kier alpha value is -1.09. The van der Waals surface area contributed by atoms with Crippen LogP contribution in [0, 0.1) is 0 Å². The molecule has 2 rings (SSSR count). The highest BCUT2D eigenvalue weighted by atomic mass is 79.9. The van der Waals surface area contributed by atoms with Gasteiger partial charge in [-0.25, -0.2) is 0 Å². The van der Waals surface area contributed by atoms with Gasteiger partial charge in [0, 0.05) is 23.6 Å². The normalized spacial score (nSPS) is 15.9. The van der Waals surface area contributed by atoms with Crippen LogP contribution in [0.3, 0.4) is 0 Å². The Morgan fingerprint density at radius 3 is 2.44 bits per heavy atom. The summed E-state index contributed by atoms with van der Waals surface area (Å²) in [4.78, 5) is 13.6. The molecule has 0 aliphatic carbocycles. The van der Waals surface area contributed by atoms with Crippen LogP contribution in [-0.4, -0.2) is 23.9 Å². The highest BCUT2D eigenvalue weighted by molar-refractivity contribution is 9.10. The van der Waals surface area contributed by atoms with Crippen LogP contribution in [0.1, 0.15) is 18.4 Å². The Labute approximate surface area is 104 Å². The lowest BCUT2D eigenvalue weighted by atomic mass is 10.2. The average molecular weight is 280 g/mol. The van der Waals surface area contributed by atoms with Crippen molar-refractivity contribution in [1.29, 1.82) is 0 Å². The van der Waals surface area contributed by atoms with Crippen molar-refractivity contribution in [3.05, 3.63) is 40.4 Å². The largest absolute Gasteiger partial charge is 0.339 e. The molecule has 0 bridgehead atoms. The Balaban J connectivity index is 1.97. The Kier molecular flexibility index (Phi) is 3.78. The first kappa shape index (κ1) is 11.4. The van der Waals surface area contributed by atoms with Crippen LogP contribution < -0.4 is 0 Å². The minimum Gasteiger partial charge on any atom is -0.339 e. The maximum Gasteiger partial charge on any atom is 0.246 e. The predicted octanol–water partition coefficient (Wildman–Crippen LogP) is 3.08. The molecule has 1 aliphatic rings. The molecule has 1 aliphatic heterocycles. The second-order valence-corrected chi connectivity index (χ2v) is 4.83. The number of hydrogen-bond acceptors (Lipinski definition) is 1. The molecule has 1 saturated heterocycles. The van der Waals surface area contributed by atoms with Crippen LogP contribution in [0.25, 0.3) is 6.08 Å². The smallest absolute Gasteiger partial charge is 0.246 e.